The number of ketones is 1. The minimum atomic E-state index is -0.619. The van der Waals surface area contributed by atoms with Crippen molar-refractivity contribution in [2.24, 2.45) is 5.73 Å². The molecule has 1 fully saturated rings. The zero-order valence-corrected chi connectivity index (χ0v) is 19.4. The highest BCUT2D eigenvalue weighted by molar-refractivity contribution is 6.03. The van der Waals surface area contributed by atoms with Gasteiger partial charge in [-0.2, -0.15) is 5.10 Å². The number of carbonyl (C=O) groups excluding carboxylic acids is 2. The number of hydrogen-bond acceptors (Lipinski definition) is 6. The molecular weight excluding hydrogens is 418 g/mol. The molecule has 2 heterocycles. The van der Waals surface area contributed by atoms with Crippen molar-refractivity contribution in [3.05, 3.63) is 52.9 Å². The summed E-state index contributed by atoms with van der Waals surface area (Å²) in [5.41, 5.74) is 14.9. The molecule has 0 saturated heterocycles. The summed E-state index contributed by atoms with van der Waals surface area (Å²) in [5.74, 6) is 0.296. The third-order valence-electron chi connectivity index (χ3n) is 6.57. The van der Waals surface area contributed by atoms with Crippen LogP contribution in [0, 0.1) is 0 Å². The van der Waals surface area contributed by atoms with Crippen molar-refractivity contribution < 1.29 is 14.1 Å². The molecule has 0 aliphatic heterocycles. The van der Waals surface area contributed by atoms with Gasteiger partial charge in [0.15, 0.2) is 0 Å². The van der Waals surface area contributed by atoms with Gasteiger partial charge in [-0.25, -0.2) is 4.68 Å². The topological polar surface area (TPSA) is 130 Å². The third kappa shape index (κ3) is 4.55. The highest BCUT2D eigenvalue weighted by atomic mass is 16.5. The number of carbonyl (C=O) groups is 2. The summed E-state index contributed by atoms with van der Waals surface area (Å²) < 4.78 is 7.05. The monoisotopic (exact) mass is 449 g/mol. The van der Waals surface area contributed by atoms with E-state index in [2.05, 4.69) is 17.2 Å². The number of aromatic nitrogens is 3. The number of anilines is 1. The minimum absolute atomic E-state index is 0.0124. The summed E-state index contributed by atoms with van der Waals surface area (Å²) in [4.78, 5) is 24.6. The Kier molecular flexibility index (Phi) is 6.10. The second kappa shape index (κ2) is 8.84. The van der Waals surface area contributed by atoms with Crippen LogP contribution in [0.1, 0.15) is 79.9 Å². The first-order valence-corrected chi connectivity index (χ1v) is 11.4. The standard InChI is InChI=1S/C25H31N5O3/c1-15(2)30-23(26)21(24(27)32)22(28-30)17-8-6-16(7-9-17)12-18(31)13-19-14-20(29-33-19)25(3)10-4-5-11-25/h6-9,14-15H,4-5,10-13,26H2,1-3H3,(H2,27,32). The number of primary amides is 1. The number of rotatable bonds is 8. The van der Waals surface area contributed by atoms with Crippen LogP contribution >= 0.6 is 0 Å². The maximum absolute atomic E-state index is 12.6. The van der Waals surface area contributed by atoms with Gasteiger partial charge in [-0.15, -0.1) is 0 Å². The summed E-state index contributed by atoms with van der Waals surface area (Å²) in [6.07, 6.45) is 5.12. The Balaban J connectivity index is 1.45. The number of nitrogens with two attached hydrogens (primary N) is 2. The van der Waals surface area contributed by atoms with Crippen molar-refractivity contribution in [3.8, 4) is 11.3 Å². The van der Waals surface area contributed by atoms with E-state index in [1.54, 1.807) is 4.68 Å². The van der Waals surface area contributed by atoms with Gasteiger partial charge < -0.3 is 16.0 Å². The predicted molar refractivity (Wildman–Crippen MR) is 126 cm³/mol. The third-order valence-corrected chi connectivity index (χ3v) is 6.57. The van der Waals surface area contributed by atoms with E-state index in [-0.39, 0.29) is 41.5 Å². The normalized spacial score (nSPS) is 15.3. The second-order valence-corrected chi connectivity index (χ2v) is 9.55. The first-order chi connectivity index (χ1) is 15.7. The Labute approximate surface area is 193 Å². The van der Waals surface area contributed by atoms with E-state index in [0.717, 1.165) is 29.7 Å². The van der Waals surface area contributed by atoms with Gasteiger partial charge in [-0.1, -0.05) is 49.2 Å². The van der Waals surface area contributed by atoms with Gasteiger partial charge in [0.05, 0.1) is 12.1 Å². The smallest absolute Gasteiger partial charge is 0.254 e. The van der Waals surface area contributed by atoms with Crippen LogP contribution in [0.4, 0.5) is 5.82 Å². The molecule has 0 atom stereocenters. The van der Waals surface area contributed by atoms with Gasteiger partial charge >= 0.3 is 0 Å². The van der Waals surface area contributed by atoms with Gasteiger partial charge in [-0.3, -0.25) is 9.59 Å². The molecule has 174 valence electrons. The van der Waals surface area contributed by atoms with Crippen molar-refractivity contribution in [1.82, 2.24) is 14.9 Å². The molecule has 1 amide bonds. The number of nitrogens with zero attached hydrogens (tertiary/aromatic N) is 3. The molecule has 4 N–H and O–H groups in total. The summed E-state index contributed by atoms with van der Waals surface area (Å²) in [5, 5.41) is 8.73. The van der Waals surface area contributed by atoms with E-state index < -0.39 is 5.91 Å². The van der Waals surface area contributed by atoms with Crippen LogP contribution < -0.4 is 11.5 Å². The summed E-state index contributed by atoms with van der Waals surface area (Å²) >= 11 is 0. The Hall–Kier alpha value is -3.42. The van der Waals surface area contributed by atoms with E-state index in [4.69, 9.17) is 16.0 Å². The van der Waals surface area contributed by atoms with Gasteiger partial charge in [-0.05, 0) is 32.3 Å². The number of amides is 1. The van der Waals surface area contributed by atoms with Gasteiger partial charge in [0.1, 0.15) is 28.6 Å². The van der Waals surface area contributed by atoms with E-state index in [1.165, 1.54) is 12.8 Å². The van der Waals surface area contributed by atoms with Gasteiger partial charge in [0, 0.05) is 29.5 Å². The summed E-state index contributed by atoms with van der Waals surface area (Å²) in [6.45, 7) is 6.07. The molecule has 8 heteroatoms. The maximum Gasteiger partial charge on any atom is 0.254 e. The van der Waals surface area contributed by atoms with Crippen LogP contribution in [0.3, 0.4) is 0 Å². The maximum atomic E-state index is 12.6. The molecule has 33 heavy (non-hydrogen) atoms. The lowest BCUT2D eigenvalue weighted by atomic mass is 9.85. The molecule has 8 nitrogen and oxygen atoms in total. The van der Waals surface area contributed by atoms with Crippen LogP contribution in [0.5, 0.6) is 0 Å². The Morgan fingerprint density at radius 2 is 1.82 bits per heavy atom. The highest BCUT2D eigenvalue weighted by Gasteiger charge is 2.33. The van der Waals surface area contributed by atoms with Crippen LogP contribution in [-0.2, 0) is 23.1 Å². The molecule has 0 unspecified atom stereocenters. The fraction of sp³-hybridized carbons (Fsp3) is 0.440. The van der Waals surface area contributed by atoms with Crippen molar-refractivity contribution >= 4 is 17.5 Å². The van der Waals surface area contributed by atoms with E-state index in [0.29, 0.717) is 11.5 Å². The van der Waals surface area contributed by atoms with Crippen molar-refractivity contribution in [3.63, 3.8) is 0 Å². The number of benzene rings is 1. The number of hydrogen-bond donors (Lipinski definition) is 2. The van der Waals surface area contributed by atoms with Crippen LogP contribution in [0.2, 0.25) is 0 Å². The molecule has 1 aliphatic rings. The highest BCUT2D eigenvalue weighted by Crippen LogP contribution is 2.40. The quantitative estimate of drug-likeness (QED) is 0.535. The molecule has 0 bridgehead atoms. The van der Waals surface area contributed by atoms with Crippen molar-refractivity contribution in [1.29, 1.82) is 0 Å². The van der Waals surface area contributed by atoms with Gasteiger partial charge in [0.2, 0.25) is 0 Å². The Morgan fingerprint density at radius 3 is 2.42 bits per heavy atom. The largest absolute Gasteiger partial charge is 0.383 e. The Bertz CT molecular complexity index is 1170. The first-order valence-electron chi connectivity index (χ1n) is 11.4. The van der Waals surface area contributed by atoms with Crippen LogP contribution in [0.25, 0.3) is 11.3 Å². The van der Waals surface area contributed by atoms with Crippen LogP contribution in [-0.4, -0.2) is 26.6 Å². The van der Waals surface area contributed by atoms with E-state index in [9.17, 15) is 9.59 Å². The molecule has 1 saturated carbocycles. The molecule has 0 radical (unpaired) electrons. The number of Topliss-reactive ketones (excluding diaryl/α,β-unsaturated/α-hetero) is 1. The molecular formula is C25H31N5O3. The summed E-state index contributed by atoms with van der Waals surface area (Å²) in [6, 6.07) is 9.29. The Morgan fingerprint density at radius 1 is 1.15 bits per heavy atom. The SMILES string of the molecule is CC(C)n1nc(-c2ccc(CC(=O)Cc3cc(C4(C)CCCC4)no3)cc2)c(C(N)=O)c1N. The average molecular weight is 450 g/mol. The second-order valence-electron chi connectivity index (χ2n) is 9.55. The zero-order valence-electron chi connectivity index (χ0n) is 19.4. The molecule has 0 spiro atoms. The molecule has 4 rings (SSSR count). The number of nitrogen functional groups attached to an aromatic ring is 1. The van der Waals surface area contributed by atoms with Gasteiger partial charge in [0.25, 0.3) is 5.91 Å². The van der Waals surface area contributed by atoms with Crippen molar-refractivity contribution in [2.45, 2.75) is 70.8 Å². The average Bonchev–Trinajstić information content (AvgIpc) is 3.48. The molecule has 3 aromatic rings. The lowest BCUT2D eigenvalue weighted by Gasteiger charge is -2.19. The predicted octanol–water partition coefficient (Wildman–Crippen LogP) is 3.99. The van der Waals surface area contributed by atoms with Crippen molar-refractivity contribution in [2.75, 3.05) is 5.73 Å². The molecule has 1 aliphatic carbocycles. The van der Waals surface area contributed by atoms with E-state index in [1.807, 2.05) is 44.2 Å². The fourth-order valence-electron chi connectivity index (χ4n) is 4.64. The van der Waals surface area contributed by atoms with E-state index >= 15 is 0 Å². The fourth-order valence-corrected chi connectivity index (χ4v) is 4.64. The molecule has 2 aromatic heterocycles. The lowest BCUT2D eigenvalue weighted by molar-refractivity contribution is -0.118. The van der Waals surface area contributed by atoms with Crippen LogP contribution in [0.15, 0.2) is 34.9 Å². The lowest BCUT2D eigenvalue weighted by Crippen LogP contribution is -2.16. The summed E-state index contributed by atoms with van der Waals surface area (Å²) in [7, 11) is 0. The minimum Gasteiger partial charge on any atom is -0.383 e. The molecule has 1 aromatic carbocycles. The zero-order chi connectivity index (χ0) is 23.8. The first kappa shape index (κ1) is 22.8.